The first-order valence-corrected chi connectivity index (χ1v) is 10.9. The molecule has 1 aliphatic carbocycles. The number of aliphatic hydroxyl groups excluding tert-OH is 1. The van der Waals surface area contributed by atoms with Crippen molar-refractivity contribution < 1.29 is 14.6 Å². The number of aliphatic hydroxyl groups is 1. The van der Waals surface area contributed by atoms with Crippen molar-refractivity contribution in [2.45, 2.75) is 45.3 Å². The van der Waals surface area contributed by atoms with Crippen LogP contribution < -0.4 is 15.6 Å². The van der Waals surface area contributed by atoms with E-state index >= 15 is 0 Å². The normalized spacial score (nSPS) is 15.5. The molecule has 1 saturated carbocycles. The number of nitrogens with one attached hydrogen (secondary N) is 1. The van der Waals surface area contributed by atoms with Gasteiger partial charge >= 0.3 is 0 Å². The highest BCUT2D eigenvalue weighted by Crippen LogP contribution is 2.31. The maximum absolute atomic E-state index is 13.1. The van der Waals surface area contributed by atoms with Crippen LogP contribution in [0.2, 0.25) is 0 Å². The van der Waals surface area contributed by atoms with Crippen molar-refractivity contribution in [3.8, 4) is 5.75 Å². The van der Waals surface area contributed by atoms with Crippen LogP contribution in [-0.2, 0) is 0 Å². The molecule has 0 radical (unpaired) electrons. The zero-order chi connectivity index (χ0) is 21.8. The van der Waals surface area contributed by atoms with E-state index in [4.69, 9.17) is 4.74 Å². The van der Waals surface area contributed by atoms with Gasteiger partial charge in [0.25, 0.3) is 11.5 Å². The maximum Gasteiger partial charge on any atom is 0.260 e. The summed E-state index contributed by atoms with van der Waals surface area (Å²) >= 11 is 0. The quantitative estimate of drug-likeness (QED) is 0.604. The third-order valence-electron chi connectivity index (χ3n) is 5.98. The van der Waals surface area contributed by atoms with E-state index in [-0.39, 0.29) is 17.4 Å². The van der Waals surface area contributed by atoms with E-state index in [1.165, 1.54) is 11.0 Å². The maximum atomic E-state index is 13.1. The van der Waals surface area contributed by atoms with E-state index in [1.54, 1.807) is 54.7 Å². The summed E-state index contributed by atoms with van der Waals surface area (Å²) in [5.74, 6) is 0.456. The zero-order valence-electron chi connectivity index (χ0n) is 17.7. The molecule has 1 aliphatic rings. The Labute approximate surface area is 181 Å². The number of hydrogen-bond acceptors (Lipinski definition) is 4. The number of pyridine rings is 1. The molecule has 31 heavy (non-hydrogen) atoms. The largest absolute Gasteiger partial charge is 0.494 e. The summed E-state index contributed by atoms with van der Waals surface area (Å²) in [5, 5.41) is 14.8. The van der Waals surface area contributed by atoms with Gasteiger partial charge in [-0.25, -0.2) is 0 Å². The van der Waals surface area contributed by atoms with Crippen LogP contribution in [0.15, 0.2) is 59.5 Å². The van der Waals surface area contributed by atoms with Crippen LogP contribution in [0.1, 0.15) is 55.6 Å². The summed E-state index contributed by atoms with van der Waals surface area (Å²) in [6.45, 7) is 2.41. The Morgan fingerprint density at radius 1 is 1.13 bits per heavy atom. The molecule has 0 spiro atoms. The number of anilines is 1. The van der Waals surface area contributed by atoms with E-state index in [2.05, 4.69) is 5.32 Å². The molecule has 2 N–H and O–H groups in total. The Balaban J connectivity index is 1.62. The van der Waals surface area contributed by atoms with Gasteiger partial charge in [-0.05, 0) is 56.2 Å². The van der Waals surface area contributed by atoms with Crippen molar-refractivity contribution in [1.82, 2.24) is 4.57 Å². The predicted molar refractivity (Wildman–Crippen MR) is 122 cm³/mol. The van der Waals surface area contributed by atoms with Crippen LogP contribution in [0.3, 0.4) is 0 Å². The predicted octanol–water partition coefficient (Wildman–Crippen LogP) is 4.72. The fraction of sp³-hybridized carbons (Fsp3) is 0.360. The summed E-state index contributed by atoms with van der Waals surface area (Å²) in [5.41, 5.74) is 0.787. The summed E-state index contributed by atoms with van der Waals surface area (Å²) in [4.78, 5) is 25.9. The van der Waals surface area contributed by atoms with Crippen molar-refractivity contribution >= 4 is 22.4 Å². The lowest BCUT2D eigenvalue weighted by Gasteiger charge is -2.28. The van der Waals surface area contributed by atoms with Crippen molar-refractivity contribution in [1.29, 1.82) is 0 Å². The molecule has 1 amide bonds. The molecule has 6 nitrogen and oxygen atoms in total. The number of ether oxygens (including phenoxy) is 1. The summed E-state index contributed by atoms with van der Waals surface area (Å²) < 4.78 is 6.90. The fourth-order valence-corrected chi connectivity index (χ4v) is 4.36. The minimum atomic E-state index is -0.822. The van der Waals surface area contributed by atoms with E-state index in [0.717, 1.165) is 25.7 Å². The second kappa shape index (κ2) is 9.35. The molecule has 4 rings (SSSR count). The van der Waals surface area contributed by atoms with Crippen molar-refractivity contribution in [3.63, 3.8) is 0 Å². The molecular formula is C25H28N2O4. The minimum Gasteiger partial charge on any atom is -0.494 e. The molecule has 2 aromatic carbocycles. The first kappa shape index (κ1) is 21.1. The number of fused-ring (bicyclic) bond motifs is 1. The average molecular weight is 421 g/mol. The van der Waals surface area contributed by atoms with Crippen LogP contribution in [0.4, 0.5) is 5.69 Å². The van der Waals surface area contributed by atoms with E-state index in [1.807, 2.05) is 6.92 Å². The minimum absolute atomic E-state index is 0.101. The van der Waals surface area contributed by atoms with Crippen LogP contribution in [0, 0.1) is 5.92 Å². The van der Waals surface area contributed by atoms with Gasteiger partial charge in [0.1, 0.15) is 12.0 Å². The molecule has 0 saturated heterocycles. The van der Waals surface area contributed by atoms with Crippen LogP contribution >= 0.6 is 0 Å². The number of carbonyl (C=O) groups is 1. The lowest BCUT2D eigenvalue weighted by Crippen LogP contribution is -2.30. The average Bonchev–Trinajstić information content (AvgIpc) is 2.80. The zero-order valence-corrected chi connectivity index (χ0v) is 17.7. The van der Waals surface area contributed by atoms with E-state index < -0.39 is 6.23 Å². The molecule has 1 atom stereocenters. The Hall–Kier alpha value is -3.12. The Kier molecular flexibility index (Phi) is 6.37. The van der Waals surface area contributed by atoms with E-state index in [9.17, 15) is 14.7 Å². The lowest BCUT2D eigenvalue weighted by molar-refractivity contribution is 0.0210. The summed E-state index contributed by atoms with van der Waals surface area (Å²) in [6, 6.07) is 14.0. The monoisotopic (exact) mass is 420 g/mol. The van der Waals surface area contributed by atoms with E-state index in [0.29, 0.717) is 34.4 Å². The van der Waals surface area contributed by atoms with Gasteiger partial charge in [-0.2, -0.15) is 0 Å². The van der Waals surface area contributed by atoms with Gasteiger partial charge in [-0.1, -0.05) is 31.4 Å². The standard InChI is InChI=1S/C25H28N2O4/c1-2-31-19-11-6-10-18(16-19)23(28)26-22-13-7-12-21-20(22)14-15-27(25(21)30)24(29)17-8-4-3-5-9-17/h6-7,10-17,24,29H,2-5,8-9H2,1H3,(H,26,28). The highest BCUT2D eigenvalue weighted by atomic mass is 16.5. The molecule has 3 aromatic rings. The molecule has 1 aromatic heterocycles. The number of rotatable bonds is 6. The number of nitrogens with zero attached hydrogens (tertiary/aromatic N) is 1. The van der Waals surface area contributed by atoms with Crippen LogP contribution in [0.5, 0.6) is 5.75 Å². The molecule has 1 unspecified atom stereocenters. The first-order chi connectivity index (χ1) is 15.1. The summed E-state index contributed by atoms with van der Waals surface area (Å²) in [7, 11) is 0. The Bertz CT molecular complexity index is 1130. The van der Waals surface area contributed by atoms with Gasteiger partial charge in [0.05, 0.1) is 6.61 Å². The number of aromatic nitrogens is 1. The van der Waals surface area contributed by atoms with Crippen molar-refractivity contribution in [3.05, 3.63) is 70.6 Å². The van der Waals surface area contributed by atoms with Gasteiger partial charge in [-0.3, -0.25) is 14.2 Å². The number of carbonyl (C=O) groups excluding carboxylic acids is 1. The van der Waals surface area contributed by atoms with Crippen LogP contribution in [-0.4, -0.2) is 22.2 Å². The van der Waals surface area contributed by atoms with Gasteiger partial charge in [0.2, 0.25) is 0 Å². The van der Waals surface area contributed by atoms with Crippen molar-refractivity contribution in [2.24, 2.45) is 5.92 Å². The molecule has 1 heterocycles. The van der Waals surface area contributed by atoms with Gasteiger partial charge in [-0.15, -0.1) is 0 Å². The number of benzene rings is 2. The molecule has 0 bridgehead atoms. The van der Waals surface area contributed by atoms with Crippen LogP contribution in [0.25, 0.3) is 10.8 Å². The molecule has 162 valence electrons. The topological polar surface area (TPSA) is 80.6 Å². The Morgan fingerprint density at radius 3 is 2.68 bits per heavy atom. The third-order valence-corrected chi connectivity index (χ3v) is 5.98. The fourth-order valence-electron chi connectivity index (χ4n) is 4.36. The smallest absolute Gasteiger partial charge is 0.260 e. The molecule has 6 heteroatoms. The second-order valence-electron chi connectivity index (χ2n) is 8.02. The molecular weight excluding hydrogens is 392 g/mol. The first-order valence-electron chi connectivity index (χ1n) is 10.9. The highest BCUT2D eigenvalue weighted by molar-refractivity contribution is 6.09. The SMILES string of the molecule is CCOc1cccc(C(=O)Nc2cccc3c(=O)n(C(O)C4CCCCC4)ccc23)c1. The molecule has 0 aliphatic heterocycles. The van der Waals surface area contributed by atoms with Gasteiger partial charge in [0, 0.05) is 34.1 Å². The third kappa shape index (κ3) is 4.49. The lowest BCUT2D eigenvalue weighted by atomic mass is 9.88. The number of amides is 1. The van der Waals surface area contributed by atoms with Crippen molar-refractivity contribution in [2.75, 3.05) is 11.9 Å². The number of hydrogen-bond donors (Lipinski definition) is 2. The van der Waals surface area contributed by atoms with Gasteiger partial charge < -0.3 is 15.2 Å². The highest BCUT2D eigenvalue weighted by Gasteiger charge is 2.24. The second-order valence-corrected chi connectivity index (χ2v) is 8.02. The van der Waals surface area contributed by atoms with Gasteiger partial charge in [0.15, 0.2) is 0 Å². The summed E-state index contributed by atoms with van der Waals surface area (Å²) in [6.07, 6.45) is 6.04. The Morgan fingerprint density at radius 2 is 1.90 bits per heavy atom. The molecule has 1 fully saturated rings.